The largest absolute Gasteiger partial charge is 0.334 e. The van der Waals surface area contributed by atoms with Crippen molar-refractivity contribution in [3.63, 3.8) is 0 Å². The first-order chi connectivity index (χ1) is 11.1. The van der Waals surface area contributed by atoms with Gasteiger partial charge in [-0.3, -0.25) is 9.48 Å². The Morgan fingerprint density at radius 3 is 2.91 bits per heavy atom. The molecule has 118 valence electrons. The molecule has 1 amide bonds. The van der Waals surface area contributed by atoms with Crippen molar-refractivity contribution in [3.05, 3.63) is 40.0 Å². The summed E-state index contributed by atoms with van der Waals surface area (Å²) in [6.07, 6.45) is 2.46. The van der Waals surface area contributed by atoms with Gasteiger partial charge < -0.3 is 9.47 Å². The molecule has 0 saturated heterocycles. The van der Waals surface area contributed by atoms with E-state index in [-0.39, 0.29) is 5.91 Å². The molecule has 0 spiro atoms. The average Bonchev–Trinajstić information content (AvgIpc) is 3.27. The summed E-state index contributed by atoms with van der Waals surface area (Å²) in [4.78, 5) is 14.5. The van der Waals surface area contributed by atoms with Crippen LogP contribution in [0, 0.1) is 0 Å². The highest BCUT2D eigenvalue weighted by molar-refractivity contribution is 7.08. The van der Waals surface area contributed by atoms with Crippen LogP contribution in [0.5, 0.6) is 0 Å². The van der Waals surface area contributed by atoms with Crippen molar-refractivity contribution in [3.8, 4) is 11.5 Å². The molecular weight excluding hydrogens is 312 g/mol. The van der Waals surface area contributed by atoms with Gasteiger partial charge in [0.15, 0.2) is 5.82 Å². The Morgan fingerprint density at radius 1 is 1.35 bits per heavy atom. The molecule has 0 atom stereocenters. The first-order valence-electron chi connectivity index (χ1n) is 7.35. The van der Waals surface area contributed by atoms with Gasteiger partial charge in [0.05, 0.1) is 12.1 Å². The van der Waals surface area contributed by atoms with E-state index in [1.165, 1.54) is 11.3 Å². The highest BCUT2D eigenvalue weighted by atomic mass is 32.1. The van der Waals surface area contributed by atoms with Crippen molar-refractivity contribution in [1.29, 1.82) is 0 Å². The molecule has 8 heteroatoms. The number of thiophene rings is 1. The van der Waals surface area contributed by atoms with Crippen molar-refractivity contribution in [2.75, 3.05) is 6.54 Å². The molecule has 23 heavy (non-hydrogen) atoms. The second-order valence-electron chi connectivity index (χ2n) is 5.65. The molecule has 3 aromatic heterocycles. The van der Waals surface area contributed by atoms with Crippen LogP contribution >= 0.6 is 11.3 Å². The lowest BCUT2D eigenvalue weighted by Crippen LogP contribution is -2.36. The summed E-state index contributed by atoms with van der Waals surface area (Å²) >= 11 is 1.54. The molecule has 0 radical (unpaired) electrons. The third kappa shape index (κ3) is 2.26. The molecule has 7 nitrogen and oxygen atoms in total. The number of hydrogen-bond acceptors (Lipinski definition) is 5. The molecule has 0 fully saturated rings. The van der Waals surface area contributed by atoms with Gasteiger partial charge in [0.25, 0.3) is 5.91 Å². The molecule has 0 aromatic carbocycles. The number of rotatable bonds is 2. The fourth-order valence-electron chi connectivity index (χ4n) is 3.01. The van der Waals surface area contributed by atoms with Crippen LogP contribution in [0.2, 0.25) is 0 Å². The molecule has 1 aliphatic rings. The van der Waals surface area contributed by atoms with Gasteiger partial charge in [-0.15, -0.1) is 10.2 Å². The lowest BCUT2D eigenvalue weighted by Gasteiger charge is -2.27. The van der Waals surface area contributed by atoms with Crippen molar-refractivity contribution in [2.24, 2.45) is 14.1 Å². The summed E-state index contributed by atoms with van der Waals surface area (Å²) in [5, 5.41) is 16.5. The molecule has 4 rings (SSSR count). The quantitative estimate of drug-likeness (QED) is 0.714. The van der Waals surface area contributed by atoms with Crippen molar-refractivity contribution in [2.45, 2.75) is 13.0 Å². The normalized spacial score (nSPS) is 14.1. The maximum absolute atomic E-state index is 12.6. The molecular formula is C15H16N6OS. The number of fused-ring (bicyclic) bond motifs is 1. The Balaban J connectivity index is 1.71. The molecule has 0 N–H and O–H groups in total. The van der Waals surface area contributed by atoms with Gasteiger partial charge in [-0.2, -0.15) is 16.4 Å². The smallest absolute Gasteiger partial charge is 0.255 e. The molecule has 1 aliphatic heterocycles. The van der Waals surface area contributed by atoms with Gasteiger partial charge >= 0.3 is 0 Å². The molecule has 4 heterocycles. The minimum Gasteiger partial charge on any atom is -0.334 e. The third-order valence-electron chi connectivity index (χ3n) is 4.22. The van der Waals surface area contributed by atoms with E-state index in [2.05, 4.69) is 15.3 Å². The average molecular weight is 328 g/mol. The van der Waals surface area contributed by atoms with E-state index in [4.69, 9.17) is 0 Å². The van der Waals surface area contributed by atoms with Gasteiger partial charge in [-0.05, 0) is 11.4 Å². The minimum atomic E-state index is 0.0738. The topological polar surface area (TPSA) is 68.8 Å². The van der Waals surface area contributed by atoms with E-state index in [0.29, 0.717) is 13.1 Å². The predicted molar refractivity (Wildman–Crippen MR) is 86.0 cm³/mol. The number of carbonyl (C=O) groups is 1. The number of amides is 1. The Labute approximate surface area is 137 Å². The fourth-order valence-corrected chi connectivity index (χ4v) is 3.64. The Morgan fingerprint density at radius 2 is 2.22 bits per heavy atom. The van der Waals surface area contributed by atoms with Gasteiger partial charge in [-0.1, -0.05) is 0 Å². The first-order valence-corrected chi connectivity index (χ1v) is 8.30. The number of aromatic nitrogens is 5. The lowest BCUT2D eigenvalue weighted by atomic mass is 10.0. The Hall–Kier alpha value is -2.48. The maximum atomic E-state index is 12.6. The highest BCUT2D eigenvalue weighted by Gasteiger charge is 2.29. The van der Waals surface area contributed by atoms with Crippen LogP contribution in [0.15, 0.2) is 23.2 Å². The fraction of sp³-hybridized carbons (Fsp3) is 0.333. The summed E-state index contributed by atoms with van der Waals surface area (Å²) < 4.78 is 3.74. The number of carbonyl (C=O) groups excluding carboxylic acids is 1. The van der Waals surface area contributed by atoms with Gasteiger partial charge in [0.2, 0.25) is 0 Å². The number of nitrogens with zero attached hydrogens (tertiary/aromatic N) is 6. The molecule has 0 bridgehead atoms. The van der Waals surface area contributed by atoms with E-state index in [1.807, 2.05) is 45.1 Å². The zero-order chi connectivity index (χ0) is 16.0. The van der Waals surface area contributed by atoms with Crippen molar-refractivity contribution in [1.82, 2.24) is 29.4 Å². The molecule has 0 saturated carbocycles. The van der Waals surface area contributed by atoms with Gasteiger partial charge in [0, 0.05) is 43.7 Å². The van der Waals surface area contributed by atoms with Gasteiger partial charge in [0.1, 0.15) is 12.0 Å². The van der Waals surface area contributed by atoms with E-state index in [1.54, 1.807) is 6.33 Å². The third-order valence-corrected chi connectivity index (χ3v) is 4.90. The Bertz CT molecular complexity index is 863. The Kier molecular flexibility index (Phi) is 3.26. The number of hydrogen-bond donors (Lipinski definition) is 0. The van der Waals surface area contributed by atoms with Crippen LogP contribution in [0.4, 0.5) is 0 Å². The van der Waals surface area contributed by atoms with Crippen molar-refractivity contribution < 1.29 is 4.79 Å². The summed E-state index contributed by atoms with van der Waals surface area (Å²) in [5.41, 5.74) is 3.80. The van der Waals surface area contributed by atoms with E-state index < -0.39 is 0 Å². The second-order valence-corrected chi connectivity index (χ2v) is 6.43. The molecule has 0 unspecified atom stereocenters. The molecule has 0 aliphatic carbocycles. The van der Waals surface area contributed by atoms with Gasteiger partial charge in [-0.25, -0.2) is 0 Å². The summed E-state index contributed by atoms with van der Waals surface area (Å²) in [5.74, 6) is 0.802. The van der Waals surface area contributed by atoms with Crippen LogP contribution in [0.3, 0.4) is 0 Å². The van der Waals surface area contributed by atoms with E-state index in [9.17, 15) is 4.79 Å². The van der Waals surface area contributed by atoms with Crippen molar-refractivity contribution >= 4 is 17.2 Å². The van der Waals surface area contributed by atoms with Crippen LogP contribution < -0.4 is 0 Å². The minimum absolute atomic E-state index is 0.0738. The molecule has 3 aromatic rings. The summed E-state index contributed by atoms with van der Waals surface area (Å²) in [6.45, 7) is 1.26. The van der Waals surface area contributed by atoms with Crippen LogP contribution in [-0.4, -0.2) is 41.9 Å². The predicted octanol–water partition coefficient (Wildman–Crippen LogP) is 1.48. The SMILES string of the molecule is Cn1cnnc1-c1nn(C)c2c1CN(C(=O)c1ccsc1)CC2. The lowest BCUT2D eigenvalue weighted by molar-refractivity contribution is 0.0734. The first kappa shape index (κ1) is 14.1. The zero-order valence-corrected chi connectivity index (χ0v) is 13.7. The number of aryl methyl sites for hydroxylation is 2. The summed E-state index contributed by atoms with van der Waals surface area (Å²) in [6, 6.07) is 1.87. The monoisotopic (exact) mass is 328 g/mol. The summed E-state index contributed by atoms with van der Waals surface area (Å²) in [7, 11) is 3.84. The van der Waals surface area contributed by atoms with E-state index >= 15 is 0 Å². The zero-order valence-electron chi connectivity index (χ0n) is 12.9. The van der Waals surface area contributed by atoms with Crippen LogP contribution in [-0.2, 0) is 27.1 Å². The van der Waals surface area contributed by atoms with E-state index in [0.717, 1.165) is 34.8 Å². The highest BCUT2D eigenvalue weighted by Crippen LogP contribution is 2.29. The maximum Gasteiger partial charge on any atom is 0.255 e. The second kappa shape index (κ2) is 5.31. The van der Waals surface area contributed by atoms with Crippen LogP contribution in [0.1, 0.15) is 21.6 Å². The standard InChI is InChI=1S/C15H16N6OS/c1-19-9-16-17-14(19)13-11-7-21(5-3-12(11)20(2)18-13)15(22)10-4-6-23-8-10/h4,6,8-9H,3,5,7H2,1-2H3. The van der Waals surface area contributed by atoms with Crippen LogP contribution in [0.25, 0.3) is 11.5 Å².